The molecule has 7 nitrogen and oxygen atoms in total. The maximum Gasteiger partial charge on any atom is 0.273 e. The van der Waals surface area contributed by atoms with Crippen molar-refractivity contribution in [3.05, 3.63) is 77.1 Å². The van der Waals surface area contributed by atoms with Crippen LogP contribution in [0.2, 0.25) is 0 Å². The third-order valence-electron chi connectivity index (χ3n) is 7.59. The highest BCUT2D eigenvalue weighted by Gasteiger charge is 2.51. The van der Waals surface area contributed by atoms with Gasteiger partial charge in [0.2, 0.25) is 0 Å². The number of likely N-dealkylation sites (tertiary alicyclic amines) is 1. The van der Waals surface area contributed by atoms with Crippen LogP contribution in [0.5, 0.6) is 5.75 Å². The van der Waals surface area contributed by atoms with Crippen molar-refractivity contribution in [1.82, 2.24) is 24.6 Å². The van der Waals surface area contributed by atoms with E-state index in [0.717, 1.165) is 47.4 Å². The van der Waals surface area contributed by atoms with Gasteiger partial charge in [-0.15, -0.1) is 0 Å². The van der Waals surface area contributed by atoms with E-state index in [1.165, 1.54) is 12.1 Å². The zero-order valence-corrected chi connectivity index (χ0v) is 21.7. The van der Waals surface area contributed by atoms with E-state index in [-0.39, 0.29) is 29.3 Å². The second-order valence-electron chi connectivity index (χ2n) is 11.3. The fourth-order valence-corrected chi connectivity index (χ4v) is 5.95. The number of carbonyl (C=O) groups is 1. The predicted molar refractivity (Wildman–Crippen MR) is 139 cm³/mol. The standard InChI is InChI=1S/C29H32FN5O2/c1-17-14-23(35(33-17)29(2,3)4)28(36)34-21-13-10-19(15-21)26(34)27-31-22-6-5-7-24(25(22)32-27)37-16-18-8-11-20(30)12-9-18/h5-9,11-12,14,19,21,26H,10,13,15-16H2,1-4H3,(H,31,32)/t19-,21+,26-/m0/s1. The fraction of sp³-hybridized carbons (Fsp3) is 0.414. The molecular weight excluding hydrogens is 469 g/mol. The quantitative estimate of drug-likeness (QED) is 0.369. The Kier molecular flexibility index (Phi) is 5.58. The third kappa shape index (κ3) is 4.18. The molecule has 0 spiro atoms. The molecule has 4 aromatic rings. The molecule has 1 aliphatic heterocycles. The van der Waals surface area contributed by atoms with E-state index >= 15 is 0 Å². The third-order valence-corrected chi connectivity index (χ3v) is 7.59. The first-order valence-electron chi connectivity index (χ1n) is 12.9. The zero-order chi connectivity index (χ0) is 25.9. The van der Waals surface area contributed by atoms with Crippen LogP contribution in [0.25, 0.3) is 11.0 Å². The smallest absolute Gasteiger partial charge is 0.273 e. The Labute approximate surface area is 215 Å². The minimum absolute atomic E-state index is 0.0148. The van der Waals surface area contributed by atoms with Crippen LogP contribution in [0, 0.1) is 18.7 Å². The second-order valence-corrected chi connectivity index (χ2v) is 11.3. The number of aromatic nitrogens is 4. The molecule has 8 heteroatoms. The largest absolute Gasteiger partial charge is 0.487 e. The SMILES string of the molecule is Cc1cc(C(=O)N2[C@@H]3CC[C@@H](C3)[C@H]2c2nc3c(OCc4ccc(F)cc4)cccc3[nH]2)n(C(C)(C)C)n1. The monoisotopic (exact) mass is 501 g/mol. The minimum atomic E-state index is -0.302. The Bertz CT molecular complexity index is 1470. The van der Waals surface area contributed by atoms with E-state index in [1.807, 2.05) is 40.8 Å². The number of ether oxygens (including phenoxy) is 1. The van der Waals surface area contributed by atoms with Gasteiger partial charge in [0.05, 0.1) is 22.8 Å². The molecule has 1 N–H and O–H groups in total. The number of benzene rings is 2. The van der Waals surface area contributed by atoms with Crippen molar-refractivity contribution in [1.29, 1.82) is 0 Å². The summed E-state index contributed by atoms with van der Waals surface area (Å²) in [6.07, 6.45) is 3.09. The number of aromatic amines is 1. The maximum absolute atomic E-state index is 14.0. The number of aryl methyl sites for hydroxylation is 1. The number of halogens is 1. The molecule has 1 amide bonds. The Hall–Kier alpha value is -3.68. The van der Waals surface area contributed by atoms with Gasteiger partial charge in [-0.3, -0.25) is 9.48 Å². The number of carbonyl (C=O) groups excluding carboxylic acids is 1. The highest BCUT2D eigenvalue weighted by Crippen LogP contribution is 2.50. The van der Waals surface area contributed by atoms with E-state index in [1.54, 1.807) is 12.1 Å². The van der Waals surface area contributed by atoms with Gasteiger partial charge in [-0.05, 0) is 88.8 Å². The first-order valence-corrected chi connectivity index (χ1v) is 12.9. The number of H-pyrrole nitrogens is 1. The molecule has 6 rings (SSSR count). The summed E-state index contributed by atoms with van der Waals surface area (Å²) >= 11 is 0. The van der Waals surface area contributed by atoms with Gasteiger partial charge >= 0.3 is 0 Å². The van der Waals surface area contributed by atoms with Gasteiger partial charge in [0.25, 0.3) is 5.91 Å². The Morgan fingerprint density at radius 3 is 2.70 bits per heavy atom. The molecule has 1 aliphatic carbocycles. The van der Waals surface area contributed by atoms with Crippen molar-refractivity contribution in [3.63, 3.8) is 0 Å². The summed E-state index contributed by atoms with van der Waals surface area (Å²) < 4.78 is 21.2. The van der Waals surface area contributed by atoms with Crippen LogP contribution >= 0.6 is 0 Å². The van der Waals surface area contributed by atoms with Crippen LogP contribution in [0.1, 0.15) is 73.6 Å². The van der Waals surface area contributed by atoms with Crippen LogP contribution in [0.15, 0.2) is 48.5 Å². The topological polar surface area (TPSA) is 76.0 Å². The normalized spacial score (nSPS) is 21.2. The number of hydrogen-bond acceptors (Lipinski definition) is 4. The van der Waals surface area contributed by atoms with Gasteiger partial charge in [0, 0.05) is 6.04 Å². The molecule has 1 saturated carbocycles. The summed E-state index contributed by atoms with van der Waals surface area (Å²) in [6.45, 7) is 8.44. The molecule has 2 aliphatic rings. The summed E-state index contributed by atoms with van der Waals surface area (Å²) in [5, 5.41) is 4.64. The summed E-state index contributed by atoms with van der Waals surface area (Å²) in [6, 6.07) is 14.1. The van der Waals surface area contributed by atoms with Gasteiger partial charge in [0.15, 0.2) is 0 Å². The van der Waals surface area contributed by atoms with Crippen molar-refractivity contribution in [3.8, 4) is 5.75 Å². The molecule has 0 unspecified atom stereocenters. The summed E-state index contributed by atoms with van der Waals surface area (Å²) in [5.41, 5.74) is 3.66. The molecule has 2 fully saturated rings. The van der Waals surface area contributed by atoms with Crippen molar-refractivity contribution >= 4 is 16.9 Å². The number of fused-ring (bicyclic) bond motifs is 3. The highest BCUT2D eigenvalue weighted by molar-refractivity contribution is 5.94. The lowest BCUT2D eigenvalue weighted by molar-refractivity contribution is 0.0559. The highest BCUT2D eigenvalue weighted by atomic mass is 19.1. The number of para-hydroxylation sites is 1. The average Bonchev–Trinajstić information content (AvgIpc) is 3.64. The predicted octanol–water partition coefficient (Wildman–Crippen LogP) is 5.91. The summed E-state index contributed by atoms with van der Waals surface area (Å²) in [4.78, 5) is 24.6. The molecule has 1 saturated heterocycles. The van der Waals surface area contributed by atoms with Crippen molar-refractivity contribution in [2.45, 2.75) is 71.2 Å². The molecule has 2 aromatic heterocycles. The molecule has 2 bridgehead atoms. The lowest BCUT2D eigenvalue weighted by Crippen LogP contribution is -2.42. The molecule has 192 valence electrons. The first-order chi connectivity index (χ1) is 17.7. The lowest BCUT2D eigenvalue weighted by atomic mass is 9.97. The maximum atomic E-state index is 14.0. The number of rotatable bonds is 5. The first kappa shape index (κ1) is 23.7. The molecule has 3 atom stereocenters. The zero-order valence-electron chi connectivity index (χ0n) is 21.7. The number of piperidine rings is 1. The number of hydrogen-bond donors (Lipinski definition) is 1. The summed E-state index contributed by atoms with van der Waals surface area (Å²) in [5.74, 6) is 1.57. The van der Waals surface area contributed by atoms with E-state index in [9.17, 15) is 9.18 Å². The van der Waals surface area contributed by atoms with Gasteiger partial charge in [-0.1, -0.05) is 18.2 Å². The van der Waals surface area contributed by atoms with E-state index < -0.39 is 0 Å². The minimum Gasteiger partial charge on any atom is -0.487 e. The van der Waals surface area contributed by atoms with Crippen LogP contribution in [0.3, 0.4) is 0 Å². The molecule has 2 aromatic carbocycles. The lowest BCUT2D eigenvalue weighted by Gasteiger charge is -2.35. The van der Waals surface area contributed by atoms with Crippen molar-refractivity contribution in [2.24, 2.45) is 5.92 Å². The van der Waals surface area contributed by atoms with Crippen LogP contribution in [0.4, 0.5) is 4.39 Å². The number of nitrogens with one attached hydrogen (secondary N) is 1. The second kappa shape index (κ2) is 8.71. The van der Waals surface area contributed by atoms with E-state index in [4.69, 9.17) is 9.72 Å². The number of imidazole rings is 1. The molecule has 3 heterocycles. The van der Waals surface area contributed by atoms with Crippen LogP contribution < -0.4 is 4.74 Å². The molecule has 0 radical (unpaired) electrons. The fourth-order valence-electron chi connectivity index (χ4n) is 5.95. The number of nitrogens with zero attached hydrogens (tertiary/aromatic N) is 4. The van der Waals surface area contributed by atoms with Crippen LogP contribution in [-0.2, 0) is 12.1 Å². The van der Waals surface area contributed by atoms with E-state index in [2.05, 4.69) is 30.9 Å². The van der Waals surface area contributed by atoms with Crippen LogP contribution in [-0.4, -0.2) is 36.6 Å². The van der Waals surface area contributed by atoms with Gasteiger partial charge in [-0.2, -0.15) is 5.10 Å². The average molecular weight is 502 g/mol. The van der Waals surface area contributed by atoms with E-state index in [0.29, 0.717) is 24.0 Å². The summed E-state index contributed by atoms with van der Waals surface area (Å²) in [7, 11) is 0. The van der Waals surface area contributed by atoms with Gasteiger partial charge < -0.3 is 14.6 Å². The molecular formula is C29H32FN5O2. The Balaban J connectivity index is 1.33. The van der Waals surface area contributed by atoms with Gasteiger partial charge in [-0.25, -0.2) is 9.37 Å². The van der Waals surface area contributed by atoms with Crippen molar-refractivity contribution < 1.29 is 13.9 Å². The Morgan fingerprint density at radius 2 is 1.95 bits per heavy atom. The molecule has 37 heavy (non-hydrogen) atoms. The van der Waals surface area contributed by atoms with Crippen molar-refractivity contribution in [2.75, 3.05) is 0 Å². The Morgan fingerprint density at radius 1 is 1.16 bits per heavy atom. The van der Waals surface area contributed by atoms with Gasteiger partial charge in [0.1, 0.15) is 35.2 Å². The number of amides is 1.